The van der Waals surface area contributed by atoms with Gasteiger partial charge >= 0.3 is 0 Å². The van der Waals surface area contributed by atoms with Crippen molar-refractivity contribution in [1.29, 1.82) is 5.26 Å². The van der Waals surface area contributed by atoms with Crippen molar-refractivity contribution in [2.24, 2.45) is 5.92 Å². The maximum absolute atomic E-state index is 8.81. The van der Waals surface area contributed by atoms with Crippen LogP contribution in [0.4, 0.5) is 5.69 Å². The molecule has 0 aromatic heterocycles. The van der Waals surface area contributed by atoms with Crippen LogP contribution in [0.1, 0.15) is 25.3 Å². The van der Waals surface area contributed by atoms with Crippen LogP contribution in [-0.2, 0) is 0 Å². The van der Waals surface area contributed by atoms with Crippen LogP contribution in [0, 0.1) is 17.2 Å². The van der Waals surface area contributed by atoms with Gasteiger partial charge in [0.15, 0.2) is 0 Å². The summed E-state index contributed by atoms with van der Waals surface area (Å²) in [6.07, 6.45) is 2.66. The molecule has 1 aliphatic carbocycles. The van der Waals surface area contributed by atoms with Gasteiger partial charge in [-0.05, 0) is 43.9 Å². The van der Waals surface area contributed by atoms with Gasteiger partial charge in [-0.25, -0.2) is 0 Å². The fourth-order valence-electron chi connectivity index (χ4n) is 1.94. The van der Waals surface area contributed by atoms with Crippen LogP contribution in [0.3, 0.4) is 0 Å². The molecule has 0 heterocycles. The molecular formula is C13H15ClN2. The zero-order chi connectivity index (χ0) is 11.7. The highest BCUT2D eigenvalue weighted by atomic mass is 35.5. The molecule has 0 saturated heterocycles. The van der Waals surface area contributed by atoms with Crippen LogP contribution >= 0.6 is 11.6 Å². The molecule has 1 fully saturated rings. The lowest BCUT2D eigenvalue weighted by Crippen LogP contribution is -2.30. The Kier molecular flexibility index (Phi) is 3.07. The maximum Gasteiger partial charge on any atom is 0.101 e. The van der Waals surface area contributed by atoms with E-state index in [0.717, 1.165) is 11.6 Å². The van der Waals surface area contributed by atoms with Gasteiger partial charge in [0.1, 0.15) is 6.07 Å². The minimum Gasteiger partial charge on any atom is -0.372 e. The summed E-state index contributed by atoms with van der Waals surface area (Å²) in [5.41, 5.74) is 1.63. The van der Waals surface area contributed by atoms with Gasteiger partial charge in [0.05, 0.1) is 10.6 Å². The average molecular weight is 235 g/mol. The van der Waals surface area contributed by atoms with Crippen molar-refractivity contribution in [2.75, 3.05) is 11.9 Å². The van der Waals surface area contributed by atoms with E-state index >= 15 is 0 Å². The molecule has 1 aromatic rings. The Balaban J connectivity index is 2.20. The van der Waals surface area contributed by atoms with Gasteiger partial charge in [0.2, 0.25) is 0 Å². The predicted octanol–water partition coefficient (Wildman–Crippen LogP) is 3.45. The standard InChI is InChI=1S/C13H15ClN2/c1-9(10-3-4-10)16(2)12-6-5-11(8-15)13(14)7-12/h5-7,9-10H,3-4H2,1-2H3. The van der Waals surface area contributed by atoms with E-state index in [1.165, 1.54) is 12.8 Å². The molecule has 2 nitrogen and oxygen atoms in total. The van der Waals surface area contributed by atoms with Crippen molar-refractivity contribution >= 4 is 17.3 Å². The summed E-state index contributed by atoms with van der Waals surface area (Å²) >= 11 is 6.02. The Morgan fingerprint density at radius 1 is 1.50 bits per heavy atom. The Bertz CT molecular complexity index is 432. The van der Waals surface area contributed by atoms with E-state index in [1.807, 2.05) is 12.1 Å². The van der Waals surface area contributed by atoms with E-state index in [9.17, 15) is 0 Å². The molecule has 1 unspecified atom stereocenters. The molecule has 1 saturated carbocycles. The lowest BCUT2D eigenvalue weighted by molar-refractivity contribution is 0.609. The van der Waals surface area contributed by atoms with Crippen molar-refractivity contribution in [3.8, 4) is 6.07 Å². The van der Waals surface area contributed by atoms with Crippen molar-refractivity contribution in [3.63, 3.8) is 0 Å². The molecule has 0 spiro atoms. The highest BCUT2D eigenvalue weighted by molar-refractivity contribution is 6.32. The number of benzene rings is 1. The van der Waals surface area contributed by atoms with Crippen molar-refractivity contribution < 1.29 is 0 Å². The summed E-state index contributed by atoms with van der Waals surface area (Å²) in [7, 11) is 2.08. The summed E-state index contributed by atoms with van der Waals surface area (Å²) < 4.78 is 0. The number of rotatable bonds is 3. The summed E-state index contributed by atoms with van der Waals surface area (Å²) in [6.45, 7) is 2.24. The van der Waals surface area contributed by atoms with E-state index in [2.05, 4.69) is 24.9 Å². The fraction of sp³-hybridized carbons (Fsp3) is 0.462. The monoisotopic (exact) mass is 234 g/mol. The summed E-state index contributed by atoms with van der Waals surface area (Å²) in [6, 6.07) is 8.24. The SMILES string of the molecule is CC(C1CC1)N(C)c1ccc(C#N)c(Cl)c1. The summed E-state index contributed by atoms with van der Waals surface area (Å²) in [5, 5.41) is 9.34. The average Bonchev–Trinajstić information content (AvgIpc) is 3.11. The quantitative estimate of drug-likeness (QED) is 0.801. The summed E-state index contributed by atoms with van der Waals surface area (Å²) in [5.74, 6) is 0.819. The molecule has 16 heavy (non-hydrogen) atoms. The zero-order valence-electron chi connectivity index (χ0n) is 9.57. The maximum atomic E-state index is 8.81. The van der Waals surface area contributed by atoms with Gasteiger partial charge in [0.25, 0.3) is 0 Å². The Hall–Kier alpha value is -1.20. The van der Waals surface area contributed by atoms with E-state index in [4.69, 9.17) is 16.9 Å². The molecule has 3 heteroatoms. The molecule has 0 N–H and O–H groups in total. The number of halogens is 1. The van der Waals surface area contributed by atoms with E-state index in [1.54, 1.807) is 6.07 Å². The highest BCUT2D eigenvalue weighted by Crippen LogP contribution is 2.36. The second-order valence-corrected chi connectivity index (χ2v) is 4.87. The largest absolute Gasteiger partial charge is 0.372 e. The van der Waals surface area contributed by atoms with Crippen LogP contribution in [0.2, 0.25) is 5.02 Å². The van der Waals surface area contributed by atoms with Crippen LogP contribution in [0.15, 0.2) is 18.2 Å². The summed E-state index contributed by atoms with van der Waals surface area (Å²) in [4.78, 5) is 2.24. The molecular weight excluding hydrogens is 220 g/mol. The first-order chi connectivity index (χ1) is 7.63. The van der Waals surface area contributed by atoms with Gasteiger partial charge in [-0.1, -0.05) is 11.6 Å². The lowest BCUT2D eigenvalue weighted by atomic mass is 10.1. The third kappa shape index (κ3) is 2.15. The Morgan fingerprint density at radius 3 is 2.69 bits per heavy atom. The molecule has 0 bridgehead atoms. The second kappa shape index (κ2) is 4.35. The van der Waals surface area contributed by atoms with E-state index in [0.29, 0.717) is 16.6 Å². The molecule has 1 aromatic carbocycles. The van der Waals surface area contributed by atoms with E-state index in [-0.39, 0.29) is 0 Å². The molecule has 1 aliphatic rings. The van der Waals surface area contributed by atoms with Gasteiger partial charge in [-0.15, -0.1) is 0 Å². The van der Waals surface area contributed by atoms with Gasteiger partial charge in [-0.3, -0.25) is 0 Å². The smallest absolute Gasteiger partial charge is 0.101 e. The molecule has 0 radical (unpaired) electrons. The van der Waals surface area contributed by atoms with E-state index < -0.39 is 0 Å². The van der Waals surface area contributed by atoms with Crippen molar-refractivity contribution in [2.45, 2.75) is 25.8 Å². The molecule has 2 rings (SSSR count). The second-order valence-electron chi connectivity index (χ2n) is 4.46. The van der Waals surface area contributed by atoms with Gasteiger partial charge in [-0.2, -0.15) is 5.26 Å². The topological polar surface area (TPSA) is 27.0 Å². The number of nitriles is 1. The number of hydrogen-bond donors (Lipinski definition) is 0. The minimum absolute atomic E-state index is 0.537. The van der Waals surface area contributed by atoms with Crippen LogP contribution in [-0.4, -0.2) is 13.1 Å². The molecule has 0 aliphatic heterocycles. The zero-order valence-corrected chi connectivity index (χ0v) is 10.3. The molecule has 0 amide bonds. The van der Waals surface area contributed by atoms with Crippen molar-refractivity contribution in [1.82, 2.24) is 0 Å². The predicted molar refractivity (Wildman–Crippen MR) is 66.8 cm³/mol. The first-order valence-corrected chi connectivity index (χ1v) is 5.93. The molecule has 1 atom stereocenters. The van der Waals surface area contributed by atoms with Crippen LogP contribution in [0.5, 0.6) is 0 Å². The first kappa shape index (κ1) is 11.3. The Morgan fingerprint density at radius 2 is 2.19 bits per heavy atom. The van der Waals surface area contributed by atoms with Crippen LogP contribution in [0.25, 0.3) is 0 Å². The van der Waals surface area contributed by atoms with Crippen molar-refractivity contribution in [3.05, 3.63) is 28.8 Å². The van der Waals surface area contributed by atoms with Gasteiger partial charge < -0.3 is 4.90 Å². The van der Waals surface area contributed by atoms with Gasteiger partial charge in [0, 0.05) is 18.8 Å². The highest BCUT2D eigenvalue weighted by Gasteiger charge is 2.30. The first-order valence-electron chi connectivity index (χ1n) is 5.56. The number of hydrogen-bond acceptors (Lipinski definition) is 2. The lowest BCUT2D eigenvalue weighted by Gasteiger charge is -2.27. The Labute approximate surface area is 101 Å². The normalized spacial score (nSPS) is 16.6. The third-order valence-electron chi connectivity index (χ3n) is 3.40. The minimum atomic E-state index is 0.537. The number of anilines is 1. The van der Waals surface area contributed by atoms with Crippen LogP contribution < -0.4 is 4.90 Å². The molecule has 84 valence electrons. The third-order valence-corrected chi connectivity index (χ3v) is 3.71. The fourth-order valence-corrected chi connectivity index (χ4v) is 2.16. The number of nitrogens with zero attached hydrogens (tertiary/aromatic N) is 2.